The number of benzene rings is 9. The van der Waals surface area contributed by atoms with Gasteiger partial charge in [0.05, 0.1) is 0 Å². The minimum absolute atomic E-state index is 0.649. The van der Waals surface area contributed by atoms with Gasteiger partial charge in [0.15, 0.2) is 17.5 Å². The molecule has 0 spiro atoms. The van der Waals surface area contributed by atoms with Crippen molar-refractivity contribution >= 4 is 53.1 Å². The van der Waals surface area contributed by atoms with E-state index in [1.165, 1.54) is 69.5 Å². The van der Waals surface area contributed by atoms with Crippen LogP contribution in [-0.4, -0.2) is 15.0 Å². The van der Waals surface area contributed by atoms with Crippen LogP contribution in [0, 0.1) is 0 Å². The minimum atomic E-state index is 0.649. The van der Waals surface area contributed by atoms with Crippen molar-refractivity contribution in [2.24, 2.45) is 0 Å². The predicted molar refractivity (Wildman–Crippen MR) is 240 cm³/mol. The number of fused-ring (bicyclic) bond motifs is 6. The Morgan fingerprint density at radius 2 is 0.772 bits per heavy atom. The van der Waals surface area contributed by atoms with E-state index < -0.39 is 0 Å². The predicted octanol–water partition coefficient (Wildman–Crippen LogP) is 14.5. The second-order valence-electron chi connectivity index (χ2n) is 14.4. The normalized spacial score (nSPS) is 11.5. The second-order valence-corrected chi connectivity index (χ2v) is 15.4. The molecule has 0 fully saturated rings. The molecular weight excluding hydrogens is 711 g/mol. The Morgan fingerprint density at radius 3 is 1.46 bits per heavy atom. The van der Waals surface area contributed by atoms with Crippen LogP contribution in [0.25, 0.3) is 109 Å². The monoisotopic (exact) mass is 743 g/mol. The van der Waals surface area contributed by atoms with Crippen molar-refractivity contribution in [2.75, 3.05) is 0 Å². The van der Waals surface area contributed by atoms with Gasteiger partial charge in [0, 0.05) is 36.9 Å². The van der Waals surface area contributed by atoms with Gasteiger partial charge in [-0.3, -0.25) is 0 Å². The first-order chi connectivity index (χ1) is 28.2. The van der Waals surface area contributed by atoms with Gasteiger partial charge in [-0.1, -0.05) is 188 Å². The van der Waals surface area contributed by atoms with Gasteiger partial charge in [0.1, 0.15) is 0 Å². The quantitative estimate of drug-likeness (QED) is 0.159. The average Bonchev–Trinajstić information content (AvgIpc) is 3.69. The summed E-state index contributed by atoms with van der Waals surface area (Å²) in [6.07, 6.45) is 0. The van der Waals surface area contributed by atoms with Gasteiger partial charge in [-0.25, -0.2) is 15.0 Å². The van der Waals surface area contributed by atoms with Crippen LogP contribution in [0.5, 0.6) is 0 Å². The summed E-state index contributed by atoms with van der Waals surface area (Å²) in [5, 5.41) is 7.66. The number of hydrogen-bond donors (Lipinski definition) is 0. The third-order valence-corrected chi connectivity index (χ3v) is 12.2. The fourth-order valence-electron chi connectivity index (χ4n) is 8.07. The molecule has 0 aliphatic carbocycles. The van der Waals surface area contributed by atoms with Crippen LogP contribution in [0.3, 0.4) is 0 Å². The van der Waals surface area contributed by atoms with E-state index in [1.807, 2.05) is 72.0 Å². The van der Waals surface area contributed by atoms with Crippen molar-refractivity contribution in [1.82, 2.24) is 15.0 Å². The van der Waals surface area contributed by atoms with E-state index in [4.69, 9.17) is 15.0 Å². The van der Waals surface area contributed by atoms with Crippen LogP contribution in [0.1, 0.15) is 0 Å². The molecule has 0 atom stereocenters. The van der Waals surface area contributed by atoms with Crippen molar-refractivity contribution in [3.8, 4) is 67.5 Å². The molecule has 0 bridgehead atoms. The maximum Gasteiger partial charge on any atom is 0.164 e. The summed E-state index contributed by atoms with van der Waals surface area (Å²) in [5.74, 6) is 1.96. The summed E-state index contributed by atoms with van der Waals surface area (Å²) in [7, 11) is 0. The van der Waals surface area contributed by atoms with Crippen LogP contribution in [0.15, 0.2) is 200 Å². The van der Waals surface area contributed by atoms with Crippen molar-refractivity contribution < 1.29 is 0 Å². The van der Waals surface area contributed by atoms with Gasteiger partial charge < -0.3 is 0 Å². The van der Waals surface area contributed by atoms with Gasteiger partial charge in [-0.05, 0) is 67.1 Å². The molecule has 0 saturated heterocycles. The fraction of sp³-hybridized carbons (Fsp3) is 0. The summed E-state index contributed by atoms with van der Waals surface area (Å²) < 4.78 is 2.57. The van der Waals surface area contributed by atoms with Crippen molar-refractivity contribution in [3.63, 3.8) is 0 Å². The topological polar surface area (TPSA) is 38.7 Å². The van der Waals surface area contributed by atoms with E-state index in [9.17, 15) is 0 Å². The van der Waals surface area contributed by atoms with Gasteiger partial charge >= 0.3 is 0 Å². The highest BCUT2D eigenvalue weighted by molar-refractivity contribution is 7.26. The van der Waals surface area contributed by atoms with Crippen LogP contribution in [0.4, 0.5) is 0 Å². The maximum atomic E-state index is 4.96. The van der Waals surface area contributed by atoms with Gasteiger partial charge in [0.25, 0.3) is 0 Å². The maximum absolute atomic E-state index is 4.96. The minimum Gasteiger partial charge on any atom is -0.208 e. The Balaban J connectivity index is 0.966. The summed E-state index contributed by atoms with van der Waals surface area (Å²) >= 11 is 1.87. The van der Waals surface area contributed by atoms with Gasteiger partial charge in [-0.2, -0.15) is 0 Å². The van der Waals surface area contributed by atoms with Crippen molar-refractivity contribution in [1.29, 1.82) is 0 Å². The van der Waals surface area contributed by atoms with E-state index in [0.29, 0.717) is 17.5 Å². The second kappa shape index (κ2) is 13.8. The molecule has 9 aromatic carbocycles. The van der Waals surface area contributed by atoms with Crippen molar-refractivity contribution in [2.45, 2.75) is 0 Å². The smallest absolute Gasteiger partial charge is 0.164 e. The molecule has 2 aromatic heterocycles. The summed E-state index contributed by atoms with van der Waals surface area (Å²) in [6, 6.07) is 71.2. The average molecular weight is 744 g/mol. The first-order valence-corrected chi connectivity index (χ1v) is 20.0. The molecule has 11 aromatic rings. The lowest BCUT2D eigenvalue weighted by Gasteiger charge is -2.12. The molecule has 266 valence electrons. The zero-order chi connectivity index (χ0) is 37.7. The summed E-state index contributed by atoms with van der Waals surface area (Å²) in [5.41, 5.74) is 10.1. The van der Waals surface area contributed by atoms with Crippen LogP contribution >= 0.6 is 11.3 Å². The number of nitrogens with zero attached hydrogens (tertiary/aromatic N) is 3. The molecule has 0 N–H and O–H groups in total. The first kappa shape index (κ1) is 33.1. The zero-order valence-corrected chi connectivity index (χ0v) is 31.6. The lowest BCUT2D eigenvalue weighted by molar-refractivity contribution is 1.07. The van der Waals surface area contributed by atoms with E-state index in [2.05, 4.69) is 140 Å². The highest BCUT2D eigenvalue weighted by Gasteiger charge is 2.17. The van der Waals surface area contributed by atoms with Gasteiger partial charge in [-0.15, -0.1) is 11.3 Å². The molecule has 0 aliphatic heterocycles. The summed E-state index contributed by atoms with van der Waals surface area (Å²) in [4.78, 5) is 14.8. The van der Waals surface area contributed by atoms with E-state index in [0.717, 1.165) is 22.3 Å². The number of rotatable bonds is 6. The number of aromatic nitrogens is 3. The molecule has 0 radical (unpaired) electrons. The SMILES string of the molecule is c1ccc(-c2nc(-c3ccccc3)nc(-c3ccc(-c4ccc(-c5ccc(-c6ccc7c(ccc8ccccc87)c6)cc5)c5sc6ccccc6c45)cc3)n2)cc1. The molecule has 0 aliphatic rings. The molecule has 57 heavy (non-hydrogen) atoms. The Hall–Kier alpha value is -7.27. The molecular formula is C53H33N3S. The standard InChI is InChI=1S/C53H33N3S/c1-3-12-38(13-4-1)51-54-52(39-14-5-2-6-15-39)56-53(55-51)40-26-23-36(24-27-40)45-31-32-46(50-49(45)47-17-9-10-18-48(47)57-50)37-21-19-34(20-22-37)41-29-30-44-42(33-41)28-25-35-11-7-8-16-43(35)44/h1-33H. The Kier molecular flexibility index (Phi) is 8.01. The van der Waals surface area contributed by atoms with Crippen LogP contribution in [0.2, 0.25) is 0 Å². The lowest BCUT2D eigenvalue weighted by atomic mass is 9.93. The molecule has 11 rings (SSSR count). The van der Waals surface area contributed by atoms with Crippen molar-refractivity contribution in [3.05, 3.63) is 200 Å². The Bertz CT molecular complexity index is 3200. The van der Waals surface area contributed by atoms with Gasteiger partial charge in [0.2, 0.25) is 0 Å². The first-order valence-electron chi connectivity index (χ1n) is 19.2. The molecule has 0 saturated carbocycles. The third-order valence-electron chi connectivity index (χ3n) is 11.0. The van der Waals surface area contributed by atoms with E-state index >= 15 is 0 Å². The summed E-state index contributed by atoms with van der Waals surface area (Å²) in [6.45, 7) is 0. The van der Waals surface area contributed by atoms with Crippen LogP contribution in [-0.2, 0) is 0 Å². The highest BCUT2D eigenvalue weighted by Crippen LogP contribution is 2.45. The molecule has 3 nitrogen and oxygen atoms in total. The highest BCUT2D eigenvalue weighted by atomic mass is 32.1. The fourth-order valence-corrected chi connectivity index (χ4v) is 9.33. The number of hydrogen-bond acceptors (Lipinski definition) is 4. The van der Waals surface area contributed by atoms with E-state index in [-0.39, 0.29) is 0 Å². The molecule has 0 unspecified atom stereocenters. The zero-order valence-electron chi connectivity index (χ0n) is 30.8. The molecule has 0 amide bonds. The lowest BCUT2D eigenvalue weighted by Crippen LogP contribution is -2.00. The van der Waals surface area contributed by atoms with Crippen LogP contribution < -0.4 is 0 Å². The Morgan fingerprint density at radius 1 is 0.298 bits per heavy atom. The largest absolute Gasteiger partial charge is 0.208 e. The Labute approximate surface area is 334 Å². The third kappa shape index (κ3) is 5.95. The van der Waals surface area contributed by atoms with E-state index in [1.54, 1.807) is 0 Å². The molecule has 4 heteroatoms. The molecule has 2 heterocycles. The number of thiophene rings is 1.